The van der Waals surface area contributed by atoms with Crippen LogP contribution >= 0.6 is 11.3 Å². The Hall–Kier alpha value is -3.79. The molecule has 0 unspecified atom stereocenters. The number of likely N-dealkylation sites (tertiary alicyclic amines) is 2. The molecular weight excluding hydrogens is 550 g/mol. The van der Waals surface area contributed by atoms with Gasteiger partial charge in [0.25, 0.3) is 0 Å². The Morgan fingerprint density at radius 1 is 0.857 bits per heavy atom. The van der Waals surface area contributed by atoms with Crippen molar-refractivity contribution in [1.29, 1.82) is 0 Å². The molecule has 2 fully saturated rings. The van der Waals surface area contributed by atoms with Crippen LogP contribution in [0.5, 0.6) is 11.5 Å². The number of carbonyl (C=O) groups is 1. The van der Waals surface area contributed by atoms with Gasteiger partial charge in [-0.3, -0.25) is 24.7 Å². The van der Waals surface area contributed by atoms with Crippen molar-refractivity contribution in [3.63, 3.8) is 0 Å². The second-order valence-electron chi connectivity index (χ2n) is 10.9. The Bertz CT molecular complexity index is 1560. The van der Waals surface area contributed by atoms with Crippen LogP contribution in [0.3, 0.4) is 0 Å². The molecule has 4 aromatic rings. The number of benzene rings is 3. The summed E-state index contributed by atoms with van der Waals surface area (Å²) in [7, 11) is 0. The SMILES string of the molecule is O=C(c1ccc(OCCN2CCCC2)c([N+](=O)[O-])c1)c1csc2cccc(-c3ccc(OCCN4CCCC4)cc3)c12. The van der Waals surface area contributed by atoms with E-state index in [9.17, 15) is 14.9 Å². The van der Waals surface area contributed by atoms with Crippen molar-refractivity contribution >= 4 is 32.9 Å². The highest BCUT2D eigenvalue weighted by atomic mass is 32.1. The first-order valence-electron chi connectivity index (χ1n) is 14.7. The molecule has 0 aliphatic carbocycles. The van der Waals surface area contributed by atoms with Crippen molar-refractivity contribution < 1.29 is 19.2 Å². The number of fused-ring (bicyclic) bond motifs is 1. The topological polar surface area (TPSA) is 85.1 Å². The van der Waals surface area contributed by atoms with Crippen LogP contribution in [0.4, 0.5) is 5.69 Å². The minimum atomic E-state index is -0.478. The summed E-state index contributed by atoms with van der Waals surface area (Å²) in [6.07, 6.45) is 4.88. The summed E-state index contributed by atoms with van der Waals surface area (Å²) in [5.41, 5.74) is 2.53. The van der Waals surface area contributed by atoms with Crippen molar-refractivity contribution in [3.05, 3.63) is 87.3 Å². The Labute approximate surface area is 249 Å². The van der Waals surface area contributed by atoms with E-state index in [1.165, 1.54) is 43.1 Å². The Morgan fingerprint density at radius 3 is 2.19 bits per heavy atom. The average Bonchev–Trinajstić information content (AvgIpc) is 3.80. The van der Waals surface area contributed by atoms with E-state index in [0.717, 1.165) is 66.2 Å². The van der Waals surface area contributed by atoms with Gasteiger partial charge in [-0.05, 0) is 93.3 Å². The number of nitrogens with zero attached hydrogens (tertiary/aromatic N) is 3. The first kappa shape index (κ1) is 28.3. The lowest BCUT2D eigenvalue weighted by atomic mass is 9.95. The van der Waals surface area contributed by atoms with Gasteiger partial charge in [0.1, 0.15) is 19.0 Å². The summed E-state index contributed by atoms with van der Waals surface area (Å²) < 4.78 is 12.8. The van der Waals surface area contributed by atoms with Crippen LogP contribution in [0.25, 0.3) is 21.2 Å². The normalized spacial score (nSPS) is 15.8. The number of thiophene rings is 1. The maximum atomic E-state index is 13.8. The van der Waals surface area contributed by atoms with Gasteiger partial charge in [-0.25, -0.2) is 0 Å². The van der Waals surface area contributed by atoms with Gasteiger partial charge < -0.3 is 9.47 Å². The summed E-state index contributed by atoms with van der Waals surface area (Å²) in [5, 5.41) is 14.6. The predicted octanol–water partition coefficient (Wildman–Crippen LogP) is 6.66. The molecule has 0 bridgehead atoms. The molecule has 0 N–H and O–H groups in total. The average molecular weight is 586 g/mol. The molecule has 8 nitrogen and oxygen atoms in total. The van der Waals surface area contributed by atoms with E-state index in [1.807, 2.05) is 47.8 Å². The highest BCUT2D eigenvalue weighted by Gasteiger charge is 2.23. The van der Waals surface area contributed by atoms with E-state index in [4.69, 9.17) is 9.47 Å². The number of nitro groups is 1. The molecule has 0 atom stereocenters. The third-order valence-electron chi connectivity index (χ3n) is 8.17. The van der Waals surface area contributed by atoms with Gasteiger partial charge >= 0.3 is 5.69 Å². The molecule has 218 valence electrons. The maximum absolute atomic E-state index is 13.8. The van der Waals surface area contributed by atoms with E-state index in [1.54, 1.807) is 12.1 Å². The molecule has 2 saturated heterocycles. The third kappa shape index (κ3) is 6.33. The Balaban J connectivity index is 1.20. The maximum Gasteiger partial charge on any atom is 0.311 e. The van der Waals surface area contributed by atoms with Crippen LogP contribution in [0, 0.1) is 10.1 Å². The summed E-state index contributed by atoms with van der Waals surface area (Å²) in [5.74, 6) is 0.762. The molecule has 0 radical (unpaired) electrons. The second-order valence-corrected chi connectivity index (χ2v) is 11.8. The standard InChI is InChI=1S/C33H35N3O5S/c37-33(25-10-13-30(29(22-25)36(38)39)41-21-19-35-16-3-4-17-35)28-23-42-31-7-5-6-27(32(28)31)24-8-11-26(12-9-24)40-20-18-34-14-1-2-15-34/h5-13,22-23H,1-4,14-21H2. The molecule has 6 rings (SSSR count). The number of ketones is 1. The van der Waals surface area contributed by atoms with E-state index < -0.39 is 4.92 Å². The summed E-state index contributed by atoms with van der Waals surface area (Å²) in [6.45, 7) is 7.06. The lowest BCUT2D eigenvalue weighted by Gasteiger charge is -2.15. The highest BCUT2D eigenvalue weighted by Crippen LogP contribution is 2.38. The molecule has 2 aliphatic heterocycles. The zero-order valence-electron chi connectivity index (χ0n) is 23.6. The number of hydrogen-bond donors (Lipinski definition) is 0. The van der Waals surface area contributed by atoms with Gasteiger partial charge in [0.2, 0.25) is 0 Å². The number of nitro benzene ring substituents is 1. The van der Waals surface area contributed by atoms with Gasteiger partial charge in [-0.2, -0.15) is 0 Å². The van der Waals surface area contributed by atoms with E-state index in [-0.39, 0.29) is 22.8 Å². The lowest BCUT2D eigenvalue weighted by molar-refractivity contribution is -0.385. The number of hydrogen-bond acceptors (Lipinski definition) is 8. The lowest BCUT2D eigenvalue weighted by Crippen LogP contribution is -2.25. The van der Waals surface area contributed by atoms with Gasteiger partial charge in [0.15, 0.2) is 11.5 Å². The molecular formula is C33H35N3O5S. The van der Waals surface area contributed by atoms with Crippen molar-refractivity contribution in [3.8, 4) is 22.6 Å². The fourth-order valence-corrected chi connectivity index (χ4v) is 6.86. The Morgan fingerprint density at radius 2 is 1.52 bits per heavy atom. The fourth-order valence-electron chi connectivity index (χ4n) is 5.90. The molecule has 42 heavy (non-hydrogen) atoms. The first-order valence-corrected chi connectivity index (χ1v) is 15.6. The van der Waals surface area contributed by atoms with Crippen molar-refractivity contribution in [2.75, 3.05) is 52.5 Å². The molecule has 0 amide bonds. The van der Waals surface area contributed by atoms with Crippen LogP contribution in [-0.2, 0) is 0 Å². The molecule has 2 aliphatic rings. The van der Waals surface area contributed by atoms with Crippen molar-refractivity contribution in [1.82, 2.24) is 9.80 Å². The molecule has 3 aromatic carbocycles. The first-order chi connectivity index (χ1) is 20.6. The van der Waals surface area contributed by atoms with Gasteiger partial charge in [0, 0.05) is 45.7 Å². The molecule has 0 saturated carbocycles. The van der Waals surface area contributed by atoms with Crippen LogP contribution < -0.4 is 9.47 Å². The van der Waals surface area contributed by atoms with Gasteiger partial charge in [-0.15, -0.1) is 11.3 Å². The van der Waals surface area contributed by atoms with Gasteiger partial charge in [0.05, 0.1) is 4.92 Å². The summed E-state index contributed by atoms with van der Waals surface area (Å²) in [6, 6.07) is 18.5. The monoisotopic (exact) mass is 585 g/mol. The van der Waals surface area contributed by atoms with Crippen molar-refractivity contribution in [2.45, 2.75) is 25.7 Å². The summed E-state index contributed by atoms with van der Waals surface area (Å²) >= 11 is 1.50. The fraction of sp³-hybridized carbons (Fsp3) is 0.364. The number of rotatable bonds is 12. The second kappa shape index (κ2) is 13.0. The smallest absolute Gasteiger partial charge is 0.311 e. The van der Waals surface area contributed by atoms with Crippen molar-refractivity contribution in [2.24, 2.45) is 0 Å². The third-order valence-corrected chi connectivity index (χ3v) is 9.11. The van der Waals surface area contributed by atoms with E-state index in [2.05, 4.69) is 9.80 Å². The summed E-state index contributed by atoms with van der Waals surface area (Å²) in [4.78, 5) is 29.9. The van der Waals surface area contributed by atoms with Gasteiger partial charge in [-0.1, -0.05) is 24.3 Å². The minimum Gasteiger partial charge on any atom is -0.492 e. The van der Waals surface area contributed by atoms with Crippen LogP contribution in [-0.4, -0.2) is 73.0 Å². The quantitative estimate of drug-likeness (QED) is 0.104. The molecule has 3 heterocycles. The zero-order valence-corrected chi connectivity index (χ0v) is 24.4. The number of carbonyl (C=O) groups excluding carboxylic acids is 1. The molecule has 0 spiro atoms. The van der Waals surface area contributed by atoms with E-state index >= 15 is 0 Å². The largest absolute Gasteiger partial charge is 0.492 e. The minimum absolute atomic E-state index is 0.189. The molecule has 1 aromatic heterocycles. The zero-order chi connectivity index (χ0) is 28.9. The number of ether oxygens (including phenoxy) is 2. The Kier molecular flexibility index (Phi) is 8.79. The van der Waals surface area contributed by atoms with Crippen LogP contribution in [0.15, 0.2) is 66.0 Å². The van der Waals surface area contributed by atoms with E-state index in [0.29, 0.717) is 18.8 Å². The van der Waals surface area contributed by atoms with Crippen LogP contribution in [0.2, 0.25) is 0 Å². The van der Waals surface area contributed by atoms with Crippen LogP contribution in [0.1, 0.15) is 41.6 Å². The highest BCUT2D eigenvalue weighted by molar-refractivity contribution is 7.17. The molecule has 9 heteroatoms. The predicted molar refractivity (Wildman–Crippen MR) is 166 cm³/mol.